The molecule has 0 aliphatic carbocycles. The number of nitrogens with zero attached hydrogens (tertiary/aromatic N) is 2. The molecule has 1 aromatic carbocycles. The van der Waals surface area contributed by atoms with Crippen LogP contribution in [0.25, 0.3) is 11.0 Å². The number of nitrogen functional groups attached to an aromatic ring is 1. The maximum atomic E-state index is 5.70. The molecule has 3 N–H and O–H groups in total. The number of aromatic amines is 1. The van der Waals surface area contributed by atoms with E-state index in [1.165, 1.54) is 24.9 Å². The van der Waals surface area contributed by atoms with Gasteiger partial charge in [-0.2, -0.15) is 0 Å². The number of rotatable bonds is 1. The molecule has 2 heterocycles. The van der Waals surface area contributed by atoms with Crippen molar-refractivity contribution in [1.29, 1.82) is 0 Å². The molecular formula is C12H16N4. The summed E-state index contributed by atoms with van der Waals surface area (Å²) in [6.45, 7) is 2.27. The quantitative estimate of drug-likeness (QED) is 0.767. The van der Waals surface area contributed by atoms with E-state index in [2.05, 4.69) is 20.9 Å². The molecule has 1 aromatic heterocycles. The summed E-state index contributed by atoms with van der Waals surface area (Å²) < 4.78 is 0. The zero-order valence-electron chi connectivity index (χ0n) is 9.24. The zero-order valence-corrected chi connectivity index (χ0v) is 9.24. The number of nitrogens with two attached hydrogens (primary N) is 1. The molecule has 2 aromatic rings. The van der Waals surface area contributed by atoms with Crippen LogP contribution in [0, 0.1) is 0 Å². The minimum absolute atomic E-state index is 0.499. The molecule has 0 radical (unpaired) electrons. The summed E-state index contributed by atoms with van der Waals surface area (Å²) >= 11 is 0. The molecule has 1 aliphatic heterocycles. The van der Waals surface area contributed by atoms with E-state index in [-0.39, 0.29) is 0 Å². The van der Waals surface area contributed by atoms with E-state index >= 15 is 0 Å². The van der Waals surface area contributed by atoms with Crippen molar-refractivity contribution in [3.63, 3.8) is 0 Å². The third-order valence-corrected chi connectivity index (χ3v) is 3.21. The van der Waals surface area contributed by atoms with Crippen molar-refractivity contribution in [2.75, 3.05) is 23.7 Å². The molecule has 0 amide bonds. The lowest BCUT2D eigenvalue weighted by Crippen LogP contribution is -2.29. The first kappa shape index (κ1) is 9.51. The molecule has 4 heteroatoms. The maximum Gasteiger partial charge on any atom is 0.198 e. The first-order valence-corrected chi connectivity index (χ1v) is 5.84. The van der Waals surface area contributed by atoms with Crippen molar-refractivity contribution in [1.82, 2.24) is 9.97 Å². The molecule has 1 aliphatic rings. The van der Waals surface area contributed by atoms with Crippen molar-refractivity contribution in [2.45, 2.75) is 19.3 Å². The number of aromatic nitrogens is 2. The Balaban J connectivity index is 2.07. The summed E-state index contributed by atoms with van der Waals surface area (Å²) in [5.74, 6) is 0.499. The lowest BCUT2D eigenvalue weighted by molar-refractivity contribution is 0.579. The van der Waals surface area contributed by atoms with E-state index in [1.807, 2.05) is 12.1 Å². The predicted octanol–water partition coefficient (Wildman–Crippen LogP) is 2.14. The fraction of sp³-hybridized carbons (Fsp3) is 0.417. The van der Waals surface area contributed by atoms with Crippen LogP contribution in [0.1, 0.15) is 19.3 Å². The van der Waals surface area contributed by atoms with E-state index in [0.717, 1.165) is 24.1 Å². The van der Waals surface area contributed by atoms with Gasteiger partial charge in [0.1, 0.15) is 0 Å². The highest BCUT2D eigenvalue weighted by molar-refractivity contribution is 5.90. The highest BCUT2D eigenvalue weighted by Gasteiger charge is 2.14. The van der Waals surface area contributed by atoms with Gasteiger partial charge in [-0.3, -0.25) is 0 Å². The van der Waals surface area contributed by atoms with Crippen LogP contribution in [0.2, 0.25) is 0 Å². The molecular weight excluding hydrogens is 200 g/mol. The molecule has 1 saturated heterocycles. The number of imidazole rings is 1. The lowest BCUT2D eigenvalue weighted by atomic mass is 10.1. The first-order valence-electron chi connectivity index (χ1n) is 5.84. The summed E-state index contributed by atoms with van der Waals surface area (Å²) in [6, 6.07) is 6.19. The van der Waals surface area contributed by atoms with Crippen molar-refractivity contribution in [3.8, 4) is 0 Å². The Bertz CT molecular complexity index is 497. The average molecular weight is 216 g/mol. The minimum Gasteiger partial charge on any atom is -0.370 e. The molecule has 4 nitrogen and oxygen atoms in total. The molecule has 84 valence electrons. The Morgan fingerprint density at radius 2 is 2.00 bits per heavy atom. The Morgan fingerprint density at radius 1 is 1.19 bits per heavy atom. The number of benzene rings is 1. The molecule has 0 bridgehead atoms. The van der Waals surface area contributed by atoms with Crippen LogP contribution >= 0.6 is 0 Å². The van der Waals surface area contributed by atoms with Crippen LogP contribution in [0.4, 0.5) is 11.6 Å². The second kappa shape index (κ2) is 3.70. The molecule has 1 fully saturated rings. The summed E-state index contributed by atoms with van der Waals surface area (Å²) in [7, 11) is 0. The summed E-state index contributed by atoms with van der Waals surface area (Å²) in [6.07, 6.45) is 3.90. The predicted molar refractivity (Wildman–Crippen MR) is 66.6 cm³/mol. The van der Waals surface area contributed by atoms with Gasteiger partial charge in [-0.25, -0.2) is 4.98 Å². The molecule has 16 heavy (non-hydrogen) atoms. The number of hydrogen-bond acceptors (Lipinski definition) is 3. The van der Waals surface area contributed by atoms with Gasteiger partial charge in [-0.1, -0.05) is 6.07 Å². The highest BCUT2D eigenvalue weighted by atomic mass is 15.1. The van der Waals surface area contributed by atoms with Crippen molar-refractivity contribution < 1.29 is 0 Å². The normalized spacial score (nSPS) is 16.9. The number of H-pyrrole nitrogens is 1. The third-order valence-electron chi connectivity index (χ3n) is 3.21. The number of nitrogens with one attached hydrogen (secondary N) is 1. The van der Waals surface area contributed by atoms with E-state index < -0.39 is 0 Å². The Labute approximate surface area is 94.5 Å². The van der Waals surface area contributed by atoms with Crippen LogP contribution in [0.5, 0.6) is 0 Å². The number of para-hydroxylation sites is 1. The van der Waals surface area contributed by atoms with Crippen LogP contribution in [-0.2, 0) is 0 Å². The van der Waals surface area contributed by atoms with Gasteiger partial charge >= 0.3 is 0 Å². The van der Waals surface area contributed by atoms with Gasteiger partial charge < -0.3 is 15.6 Å². The second-order valence-electron chi connectivity index (χ2n) is 4.34. The van der Waals surface area contributed by atoms with Gasteiger partial charge in [0.05, 0.1) is 16.7 Å². The number of piperidine rings is 1. The number of anilines is 2. The molecule has 0 atom stereocenters. The van der Waals surface area contributed by atoms with E-state index in [0.29, 0.717) is 5.95 Å². The second-order valence-corrected chi connectivity index (χ2v) is 4.34. The first-order chi connectivity index (χ1) is 7.84. The maximum absolute atomic E-state index is 5.70. The van der Waals surface area contributed by atoms with Gasteiger partial charge in [0.15, 0.2) is 5.95 Å². The smallest absolute Gasteiger partial charge is 0.198 e. The average Bonchev–Trinajstić information content (AvgIpc) is 2.70. The van der Waals surface area contributed by atoms with Crippen LogP contribution in [-0.4, -0.2) is 23.1 Å². The molecule has 0 spiro atoms. The lowest BCUT2D eigenvalue weighted by Gasteiger charge is -2.29. The van der Waals surface area contributed by atoms with Crippen LogP contribution in [0.3, 0.4) is 0 Å². The standard InChI is InChI=1S/C12H16N4/c13-12-14-9-5-4-6-10(11(9)15-12)16-7-2-1-3-8-16/h4-6H,1-3,7-8H2,(H3,13,14,15). The van der Waals surface area contributed by atoms with Gasteiger partial charge in [0, 0.05) is 13.1 Å². The van der Waals surface area contributed by atoms with E-state index in [1.54, 1.807) is 0 Å². The summed E-state index contributed by atoms with van der Waals surface area (Å²) in [5.41, 5.74) is 8.97. The van der Waals surface area contributed by atoms with Crippen molar-refractivity contribution in [2.24, 2.45) is 0 Å². The van der Waals surface area contributed by atoms with E-state index in [4.69, 9.17) is 5.73 Å². The Hall–Kier alpha value is -1.71. The zero-order chi connectivity index (χ0) is 11.0. The van der Waals surface area contributed by atoms with Gasteiger partial charge in [0.25, 0.3) is 0 Å². The third kappa shape index (κ3) is 1.50. The van der Waals surface area contributed by atoms with Crippen LogP contribution < -0.4 is 10.6 Å². The fourth-order valence-corrected chi connectivity index (χ4v) is 2.43. The topological polar surface area (TPSA) is 57.9 Å². The van der Waals surface area contributed by atoms with Gasteiger partial charge in [0.2, 0.25) is 0 Å². The summed E-state index contributed by atoms with van der Waals surface area (Å²) in [4.78, 5) is 9.83. The molecule has 0 unspecified atom stereocenters. The molecule has 0 saturated carbocycles. The Morgan fingerprint density at radius 3 is 2.81 bits per heavy atom. The molecule has 3 rings (SSSR count). The fourth-order valence-electron chi connectivity index (χ4n) is 2.43. The number of hydrogen-bond donors (Lipinski definition) is 2. The van der Waals surface area contributed by atoms with Gasteiger partial charge in [-0.05, 0) is 31.4 Å². The largest absolute Gasteiger partial charge is 0.370 e. The van der Waals surface area contributed by atoms with Crippen molar-refractivity contribution in [3.05, 3.63) is 18.2 Å². The van der Waals surface area contributed by atoms with Crippen LogP contribution in [0.15, 0.2) is 18.2 Å². The number of fused-ring (bicyclic) bond motifs is 1. The van der Waals surface area contributed by atoms with Crippen molar-refractivity contribution >= 4 is 22.7 Å². The highest BCUT2D eigenvalue weighted by Crippen LogP contribution is 2.27. The van der Waals surface area contributed by atoms with Gasteiger partial charge in [-0.15, -0.1) is 0 Å². The SMILES string of the molecule is Nc1nc2cccc(N3CCCCC3)c2[nH]1. The monoisotopic (exact) mass is 216 g/mol. The minimum atomic E-state index is 0.499. The summed E-state index contributed by atoms with van der Waals surface area (Å²) in [5, 5.41) is 0. The Kier molecular flexibility index (Phi) is 2.20. The van der Waals surface area contributed by atoms with E-state index in [9.17, 15) is 0 Å².